The second-order valence-corrected chi connectivity index (χ2v) is 26.0. The SMILES string of the molecule is CC(=O)O[C@H]1[C@H](C)[C@]2(CO)CC[C@]3(C)C(=CC[C@@H]4[C@@]5(C)CC[C@H](O[C@H]6C[C@@H](O[C@@H]7OC[C@@H](O)[C@H](O)[C@H]7O[C@@H]7O[C@H](CO)[C@@H](O)[C@H](O)[C@H]7O[C@@H]7OC[C@@H](O)[C@H](O)[C@H]7O)[C@H](O)[C@@H](C(=O)O)O6)[C@@](C)(C=O)[C@@H]5CC[C@]43C)[C@@H]2CC1(C)C. The van der Waals surface area contributed by atoms with Gasteiger partial charge in [0.2, 0.25) is 0 Å². The Bertz CT molecular complexity index is 2220. The van der Waals surface area contributed by atoms with Gasteiger partial charge < -0.3 is 104 Å². The summed E-state index contributed by atoms with van der Waals surface area (Å²) in [4.78, 5) is 39.0. The first-order valence-corrected chi connectivity index (χ1v) is 28.0. The number of aliphatic hydroxyl groups excluding tert-OH is 10. The fourth-order valence-corrected chi connectivity index (χ4v) is 17.0. The Balaban J connectivity index is 0.935. The van der Waals surface area contributed by atoms with E-state index in [0.717, 1.165) is 38.4 Å². The lowest BCUT2D eigenvalue weighted by molar-refractivity contribution is -0.389. The van der Waals surface area contributed by atoms with Gasteiger partial charge in [-0.3, -0.25) is 4.79 Å². The molecule has 0 aromatic carbocycles. The van der Waals surface area contributed by atoms with Crippen LogP contribution >= 0.6 is 0 Å². The number of aliphatic carboxylic acids is 1. The lowest BCUT2D eigenvalue weighted by atomic mass is 9.33. The Hall–Kier alpha value is -2.37. The highest BCUT2D eigenvalue weighted by atomic mass is 16.8. The van der Waals surface area contributed by atoms with E-state index in [1.54, 1.807) is 0 Å². The molecule has 0 bridgehead atoms. The third-order valence-corrected chi connectivity index (χ3v) is 21.6. The van der Waals surface area contributed by atoms with Crippen molar-refractivity contribution in [1.29, 1.82) is 0 Å². The predicted octanol–water partition coefficient (Wildman–Crippen LogP) is -0.196. The molecule has 0 aromatic heterocycles. The van der Waals surface area contributed by atoms with Crippen molar-refractivity contribution in [2.75, 3.05) is 26.4 Å². The largest absolute Gasteiger partial charge is 0.479 e. The van der Waals surface area contributed by atoms with E-state index in [1.165, 1.54) is 12.5 Å². The van der Waals surface area contributed by atoms with Gasteiger partial charge in [0.15, 0.2) is 31.3 Å². The number of carbonyl (C=O) groups is 3. The Labute approximate surface area is 454 Å². The highest BCUT2D eigenvalue weighted by Crippen LogP contribution is 2.76. The van der Waals surface area contributed by atoms with Crippen molar-refractivity contribution in [3.63, 3.8) is 0 Å². The highest BCUT2D eigenvalue weighted by Gasteiger charge is 2.71. The van der Waals surface area contributed by atoms with Crippen LogP contribution in [-0.2, 0) is 57.0 Å². The van der Waals surface area contributed by atoms with E-state index < -0.39 is 147 Å². The molecule has 0 unspecified atom stereocenters. The number of aldehydes is 1. The maximum Gasteiger partial charge on any atom is 0.335 e. The topological polar surface area (TPSA) is 357 Å². The minimum absolute atomic E-state index is 0.0123. The molecular formula is C55H86O23. The lowest BCUT2D eigenvalue weighted by Gasteiger charge is -2.72. The first-order chi connectivity index (χ1) is 36.6. The lowest BCUT2D eigenvalue weighted by Crippen LogP contribution is -2.67. The molecule has 11 N–H and O–H groups in total. The van der Waals surface area contributed by atoms with E-state index in [4.69, 9.17) is 42.6 Å². The van der Waals surface area contributed by atoms with Crippen LogP contribution < -0.4 is 0 Å². The number of esters is 1. The summed E-state index contributed by atoms with van der Waals surface area (Å²) in [5.41, 5.74) is -1.27. The smallest absolute Gasteiger partial charge is 0.335 e. The number of aliphatic hydroxyl groups is 10. The Morgan fingerprint density at radius 3 is 2.03 bits per heavy atom. The number of fused-ring (bicyclic) bond motifs is 7. The number of hydrogen-bond acceptors (Lipinski definition) is 22. The molecule has 4 saturated carbocycles. The van der Waals surface area contributed by atoms with E-state index in [-0.39, 0.29) is 70.4 Å². The van der Waals surface area contributed by atoms with Crippen LogP contribution in [0.15, 0.2) is 11.6 Å². The van der Waals surface area contributed by atoms with Gasteiger partial charge in [0, 0.05) is 36.7 Å². The number of rotatable bonds is 13. The Kier molecular flexibility index (Phi) is 17.0. The predicted molar refractivity (Wildman–Crippen MR) is 266 cm³/mol. The Morgan fingerprint density at radius 2 is 1.38 bits per heavy atom. The van der Waals surface area contributed by atoms with E-state index in [2.05, 4.69) is 47.6 Å². The minimum atomic E-state index is -1.94. The summed E-state index contributed by atoms with van der Waals surface area (Å²) in [5.74, 6) is -1.89. The number of carbonyl (C=O) groups excluding carboxylic acids is 2. The zero-order valence-corrected chi connectivity index (χ0v) is 45.9. The summed E-state index contributed by atoms with van der Waals surface area (Å²) in [6, 6.07) is 0. The molecule has 78 heavy (non-hydrogen) atoms. The van der Waals surface area contributed by atoms with Crippen LogP contribution in [-0.4, -0.2) is 218 Å². The van der Waals surface area contributed by atoms with Crippen LogP contribution in [0.5, 0.6) is 0 Å². The van der Waals surface area contributed by atoms with E-state index >= 15 is 0 Å². The number of carboxylic acids is 1. The van der Waals surface area contributed by atoms with E-state index in [9.17, 15) is 70.6 Å². The van der Waals surface area contributed by atoms with Gasteiger partial charge in [-0.2, -0.15) is 0 Å². The number of ether oxygens (including phenoxy) is 9. The molecule has 9 rings (SSSR count). The molecule has 28 atom stereocenters. The average molecular weight is 1120 g/mol. The minimum Gasteiger partial charge on any atom is -0.479 e. The monoisotopic (exact) mass is 1110 g/mol. The molecule has 8 fully saturated rings. The molecule has 0 spiro atoms. The average Bonchev–Trinajstić information content (AvgIpc) is 3.47. The standard InChI is InChI=1S/C55H86O23/c1-24-45(72-25(2)59)50(3,4)18-27-26-9-10-33-51(5)13-12-34(52(6,22-57)32(51)11-14-54(33,8)53(26,7)15-16-55(24,27)23-58)75-35-17-30(39(65)42(76-35)46(68)69)73-48-43(37(63)29(61)21-71-48)78-49-44(40(66)38(64)31(19-56)74-49)77-47-41(67)36(62)28(60)20-70-47/h9,22,24,27-45,47-49,56,58,60-67H,10-21,23H2,1-8H3,(H,68,69)/t24-,27-,28+,29+,30+,31+,32+,33+,34-,35+,36-,37-,38+,39-,40-,41+,42-,43+,44+,45-,47-,48-,49-,51-,52-,53+,54+,55+/m0/s1. The van der Waals surface area contributed by atoms with Crippen LogP contribution in [0, 0.1) is 56.2 Å². The molecule has 5 aliphatic carbocycles. The van der Waals surface area contributed by atoms with Gasteiger partial charge in [0.25, 0.3) is 0 Å². The fourth-order valence-electron chi connectivity index (χ4n) is 17.0. The number of allylic oxidation sites excluding steroid dienone is 2. The summed E-state index contributed by atoms with van der Waals surface area (Å²) in [6.45, 7) is 15.0. The van der Waals surface area contributed by atoms with Crippen molar-refractivity contribution < 1.29 is 113 Å². The van der Waals surface area contributed by atoms with Crippen LogP contribution in [0.3, 0.4) is 0 Å². The summed E-state index contributed by atoms with van der Waals surface area (Å²) >= 11 is 0. The van der Waals surface area contributed by atoms with Crippen LogP contribution in [0.2, 0.25) is 0 Å². The van der Waals surface area contributed by atoms with Gasteiger partial charge >= 0.3 is 11.9 Å². The van der Waals surface area contributed by atoms with Crippen molar-refractivity contribution in [3.05, 3.63) is 11.6 Å². The molecule has 0 radical (unpaired) electrons. The van der Waals surface area contributed by atoms with Gasteiger partial charge in [-0.1, -0.05) is 60.1 Å². The maximum absolute atomic E-state index is 13.8. The van der Waals surface area contributed by atoms with Crippen molar-refractivity contribution in [3.8, 4) is 0 Å². The Morgan fingerprint density at radius 1 is 0.731 bits per heavy atom. The van der Waals surface area contributed by atoms with Crippen LogP contribution in [0.1, 0.15) is 113 Å². The first-order valence-electron chi connectivity index (χ1n) is 28.0. The number of carboxylic acid groups (broad SMARTS) is 1. The van der Waals surface area contributed by atoms with E-state index in [0.29, 0.717) is 19.3 Å². The maximum atomic E-state index is 13.8. The van der Waals surface area contributed by atoms with Crippen molar-refractivity contribution >= 4 is 18.2 Å². The molecule has 4 heterocycles. The van der Waals surface area contributed by atoms with Crippen molar-refractivity contribution in [1.82, 2.24) is 0 Å². The molecule has 444 valence electrons. The molecule has 4 saturated heterocycles. The van der Waals surface area contributed by atoms with Crippen molar-refractivity contribution in [2.24, 2.45) is 56.2 Å². The van der Waals surface area contributed by atoms with Crippen LogP contribution in [0.25, 0.3) is 0 Å². The normalized spacial score (nSPS) is 53.1. The highest BCUT2D eigenvalue weighted by molar-refractivity contribution is 5.73. The van der Waals surface area contributed by atoms with Gasteiger partial charge in [-0.25, -0.2) is 4.79 Å². The summed E-state index contributed by atoms with van der Waals surface area (Å²) < 4.78 is 53.7. The molecule has 0 amide bonds. The number of hydrogen-bond donors (Lipinski definition) is 11. The second kappa shape index (κ2) is 22.0. The summed E-state index contributed by atoms with van der Waals surface area (Å²) in [7, 11) is 0. The van der Waals surface area contributed by atoms with Gasteiger partial charge in [0.1, 0.15) is 79.5 Å². The molecule has 0 aromatic rings. The zero-order valence-electron chi connectivity index (χ0n) is 45.9. The fraction of sp³-hybridized carbons (Fsp3) is 0.909. The van der Waals surface area contributed by atoms with Gasteiger partial charge in [-0.05, 0) is 85.4 Å². The van der Waals surface area contributed by atoms with E-state index in [1.807, 2.05) is 6.92 Å². The van der Waals surface area contributed by atoms with Gasteiger partial charge in [0.05, 0.1) is 37.4 Å². The van der Waals surface area contributed by atoms with Gasteiger partial charge in [-0.15, -0.1) is 0 Å². The molecular weight excluding hydrogens is 1030 g/mol. The third kappa shape index (κ3) is 9.75. The summed E-state index contributed by atoms with van der Waals surface area (Å²) in [5, 5.41) is 118. The third-order valence-electron chi connectivity index (χ3n) is 21.6. The second-order valence-electron chi connectivity index (χ2n) is 26.0. The van der Waals surface area contributed by atoms with Crippen molar-refractivity contribution in [2.45, 2.75) is 230 Å². The quantitative estimate of drug-likeness (QED) is 0.0492. The zero-order chi connectivity index (χ0) is 57.0. The molecule has 23 heteroatoms. The molecule has 9 aliphatic rings. The van der Waals surface area contributed by atoms with Crippen LogP contribution in [0.4, 0.5) is 0 Å². The molecule has 4 aliphatic heterocycles. The molecule has 23 nitrogen and oxygen atoms in total. The summed E-state index contributed by atoms with van der Waals surface area (Å²) in [6.07, 6.45) is -21.8. The first kappa shape index (κ1) is 60.2.